The third-order valence-corrected chi connectivity index (χ3v) is 4.74. The molecule has 1 heterocycles. The Labute approximate surface area is 129 Å². The van der Waals surface area contributed by atoms with Gasteiger partial charge in [0.1, 0.15) is 5.82 Å². The van der Waals surface area contributed by atoms with Crippen LogP contribution in [0, 0.1) is 18.7 Å². The molecule has 0 aromatic heterocycles. The zero-order chi connectivity index (χ0) is 15.7. The predicted molar refractivity (Wildman–Crippen MR) is 81.0 cm³/mol. The summed E-state index contributed by atoms with van der Waals surface area (Å²) in [6, 6.07) is 4.44. The highest BCUT2D eigenvalue weighted by molar-refractivity contribution is 5.94. The fourth-order valence-corrected chi connectivity index (χ4v) is 3.00. The van der Waals surface area contributed by atoms with Gasteiger partial charge in [0, 0.05) is 37.7 Å². The van der Waals surface area contributed by atoms with E-state index in [0.29, 0.717) is 37.3 Å². The minimum Gasteiger partial charge on any atom is -0.339 e. The molecule has 4 nitrogen and oxygen atoms in total. The highest BCUT2D eigenvalue weighted by Crippen LogP contribution is 2.28. The summed E-state index contributed by atoms with van der Waals surface area (Å²) in [5, 5.41) is 0. The minimum atomic E-state index is -0.299. The van der Waals surface area contributed by atoms with E-state index in [0.717, 1.165) is 19.3 Å². The zero-order valence-corrected chi connectivity index (χ0v) is 12.8. The number of hydrogen-bond donors (Lipinski definition) is 0. The molecule has 1 aliphatic heterocycles. The van der Waals surface area contributed by atoms with Crippen molar-refractivity contribution in [1.82, 2.24) is 9.80 Å². The van der Waals surface area contributed by atoms with E-state index in [1.165, 1.54) is 12.1 Å². The van der Waals surface area contributed by atoms with Gasteiger partial charge in [0.05, 0.1) is 0 Å². The van der Waals surface area contributed by atoms with Crippen LogP contribution in [0.3, 0.4) is 0 Å². The number of nitrogens with zero attached hydrogens (tertiary/aromatic N) is 2. The Morgan fingerprint density at radius 3 is 2.27 bits per heavy atom. The van der Waals surface area contributed by atoms with E-state index >= 15 is 0 Å². The summed E-state index contributed by atoms with van der Waals surface area (Å²) in [5.41, 5.74) is 0.988. The number of hydrogen-bond acceptors (Lipinski definition) is 2. The van der Waals surface area contributed by atoms with Gasteiger partial charge in [-0.05, 0) is 43.5 Å². The molecule has 1 saturated carbocycles. The molecule has 2 fully saturated rings. The largest absolute Gasteiger partial charge is 0.339 e. The van der Waals surface area contributed by atoms with Crippen molar-refractivity contribution >= 4 is 11.8 Å². The Bertz CT molecular complexity index is 590. The van der Waals surface area contributed by atoms with E-state index < -0.39 is 0 Å². The van der Waals surface area contributed by atoms with Crippen molar-refractivity contribution in [3.63, 3.8) is 0 Å². The Kier molecular flexibility index (Phi) is 4.14. The van der Waals surface area contributed by atoms with E-state index in [9.17, 15) is 14.0 Å². The van der Waals surface area contributed by atoms with Gasteiger partial charge in [-0.15, -0.1) is 0 Å². The topological polar surface area (TPSA) is 40.6 Å². The Hall–Kier alpha value is -1.91. The molecule has 1 aromatic rings. The molecule has 0 N–H and O–H groups in total. The number of halogens is 1. The lowest BCUT2D eigenvalue weighted by atomic mass is 9.84. The molecule has 2 amide bonds. The minimum absolute atomic E-state index is 0.0844. The lowest BCUT2D eigenvalue weighted by molar-refractivity contribution is -0.139. The molecule has 2 aliphatic rings. The van der Waals surface area contributed by atoms with Gasteiger partial charge in [0.25, 0.3) is 5.91 Å². The summed E-state index contributed by atoms with van der Waals surface area (Å²) in [5.74, 6) is 0.0734. The molecule has 1 saturated heterocycles. The summed E-state index contributed by atoms with van der Waals surface area (Å²) in [6.45, 7) is 3.95. The highest BCUT2D eigenvalue weighted by atomic mass is 19.1. The number of aryl methyl sites for hydroxylation is 1. The first kappa shape index (κ1) is 15.0. The van der Waals surface area contributed by atoms with E-state index in [2.05, 4.69) is 0 Å². The molecular weight excluding hydrogens is 283 g/mol. The second-order valence-electron chi connectivity index (χ2n) is 6.21. The number of carbonyl (C=O) groups is 2. The van der Waals surface area contributed by atoms with Crippen molar-refractivity contribution in [2.45, 2.75) is 26.2 Å². The maximum Gasteiger partial charge on any atom is 0.253 e. The van der Waals surface area contributed by atoms with Gasteiger partial charge in [0.15, 0.2) is 0 Å². The number of benzene rings is 1. The fraction of sp³-hybridized carbons (Fsp3) is 0.529. The van der Waals surface area contributed by atoms with E-state index in [4.69, 9.17) is 0 Å². The van der Waals surface area contributed by atoms with Gasteiger partial charge in [-0.3, -0.25) is 9.59 Å². The normalized spacial score (nSPS) is 19.0. The van der Waals surface area contributed by atoms with Crippen molar-refractivity contribution in [3.05, 3.63) is 35.1 Å². The average molecular weight is 304 g/mol. The van der Waals surface area contributed by atoms with E-state index in [1.807, 2.05) is 4.90 Å². The molecular formula is C17H21FN2O2. The first-order valence-corrected chi connectivity index (χ1v) is 7.90. The summed E-state index contributed by atoms with van der Waals surface area (Å²) in [7, 11) is 0. The second kappa shape index (κ2) is 6.07. The Morgan fingerprint density at radius 2 is 1.73 bits per heavy atom. The lowest BCUT2D eigenvalue weighted by Gasteiger charge is -2.38. The molecule has 1 aromatic carbocycles. The van der Waals surface area contributed by atoms with Crippen LogP contribution in [0.4, 0.5) is 4.39 Å². The van der Waals surface area contributed by atoms with Gasteiger partial charge in [-0.25, -0.2) is 4.39 Å². The summed E-state index contributed by atoms with van der Waals surface area (Å²) in [4.78, 5) is 28.3. The monoisotopic (exact) mass is 304 g/mol. The van der Waals surface area contributed by atoms with Crippen molar-refractivity contribution in [2.24, 2.45) is 5.92 Å². The summed E-state index contributed by atoms with van der Waals surface area (Å²) in [6.07, 6.45) is 3.17. The van der Waals surface area contributed by atoms with Gasteiger partial charge in [-0.2, -0.15) is 0 Å². The Morgan fingerprint density at radius 1 is 1.09 bits per heavy atom. The molecule has 118 valence electrons. The van der Waals surface area contributed by atoms with Crippen LogP contribution in [-0.2, 0) is 4.79 Å². The zero-order valence-electron chi connectivity index (χ0n) is 12.8. The maximum atomic E-state index is 13.3. The van der Waals surface area contributed by atoms with E-state index in [1.54, 1.807) is 17.9 Å². The molecule has 0 unspecified atom stereocenters. The first-order chi connectivity index (χ1) is 10.6. The number of carbonyl (C=O) groups excluding carboxylic acids is 2. The molecule has 0 spiro atoms. The van der Waals surface area contributed by atoms with Crippen LogP contribution < -0.4 is 0 Å². The molecule has 0 bridgehead atoms. The van der Waals surface area contributed by atoms with Crippen LogP contribution in [0.5, 0.6) is 0 Å². The second-order valence-corrected chi connectivity index (χ2v) is 6.21. The third kappa shape index (κ3) is 2.85. The van der Waals surface area contributed by atoms with E-state index in [-0.39, 0.29) is 23.5 Å². The average Bonchev–Trinajstić information content (AvgIpc) is 2.48. The maximum absolute atomic E-state index is 13.3. The number of rotatable bonds is 2. The third-order valence-electron chi connectivity index (χ3n) is 4.74. The number of piperazine rings is 1. The smallest absolute Gasteiger partial charge is 0.253 e. The SMILES string of the molecule is Cc1cc(C(=O)N2CCN(C(=O)C3CCC3)CC2)ccc1F. The summed E-state index contributed by atoms with van der Waals surface area (Å²) < 4.78 is 13.3. The van der Waals surface area contributed by atoms with Gasteiger partial charge >= 0.3 is 0 Å². The van der Waals surface area contributed by atoms with Crippen LogP contribution in [0.15, 0.2) is 18.2 Å². The predicted octanol–water partition coefficient (Wildman–Crippen LogP) is 2.22. The van der Waals surface area contributed by atoms with Crippen molar-refractivity contribution < 1.29 is 14.0 Å². The van der Waals surface area contributed by atoms with Crippen molar-refractivity contribution in [3.8, 4) is 0 Å². The molecule has 22 heavy (non-hydrogen) atoms. The van der Waals surface area contributed by atoms with Gasteiger partial charge in [0.2, 0.25) is 5.91 Å². The van der Waals surface area contributed by atoms with Crippen LogP contribution in [0.25, 0.3) is 0 Å². The van der Waals surface area contributed by atoms with Crippen LogP contribution in [0.1, 0.15) is 35.2 Å². The van der Waals surface area contributed by atoms with Crippen LogP contribution in [0.2, 0.25) is 0 Å². The van der Waals surface area contributed by atoms with Gasteiger partial charge < -0.3 is 9.80 Å². The summed E-state index contributed by atoms with van der Waals surface area (Å²) >= 11 is 0. The van der Waals surface area contributed by atoms with Crippen molar-refractivity contribution in [1.29, 1.82) is 0 Å². The van der Waals surface area contributed by atoms with Crippen molar-refractivity contribution in [2.75, 3.05) is 26.2 Å². The lowest BCUT2D eigenvalue weighted by Crippen LogP contribution is -2.52. The Balaban J connectivity index is 1.59. The standard InChI is InChI=1S/C17H21FN2O2/c1-12-11-14(5-6-15(12)18)17(22)20-9-7-19(8-10-20)16(21)13-3-2-4-13/h5-6,11,13H,2-4,7-10H2,1H3. The molecule has 3 rings (SSSR count). The molecule has 0 atom stereocenters. The van der Waals surface area contributed by atoms with Crippen LogP contribution >= 0.6 is 0 Å². The highest BCUT2D eigenvalue weighted by Gasteiger charge is 2.32. The van der Waals surface area contributed by atoms with Gasteiger partial charge in [-0.1, -0.05) is 6.42 Å². The quantitative estimate of drug-likeness (QED) is 0.840. The fourth-order valence-electron chi connectivity index (χ4n) is 3.00. The molecule has 0 radical (unpaired) electrons. The van der Waals surface area contributed by atoms with Crippen LogP contribution in [-0.4, -0.2) is 47.8 Å². The molecule has 5 heteroatoms. The molecule has 1 aliphatic carbocycles. The first-order valence-electron chi connectivity index (χ1n) is 7.90. The number of amides is 2.